The normalized spacial score (nSPS) is 23.7. The van der Waals surface area contributed by atoms with Crippen molar-refractivity contribution < 1.29 is 14.2 Å². The van der Waals surface area contributed by atoms with E-state index in [-0.39, 0.29) is 11.1 Å². The predicted molar refractivity (Wildman–Crippen MR) is 91.4 cm³/mol. The molecule has 0 spiro atoms. The summed E-state index contributed by atoms with van der Waals surface area (Å²) >= 11 is 0. The summed E-state index contributed by atoms with van der Waals surface area (Å²) in [7, 11) is 0. The summed E-state index contributed by atoms with van der Waals surface area (Å²) in [5, 5.41) is 3.69. The molecule has 0 bridgehead atoms. The SMILES string of the molecule is CC(C)(C)NC1CCC(OCCOCCOC(C)(C)C)CC1. The van der Waals surface area contributed by atoms with Gasteiger partial charge in [0.05, 0.1) is 38.1 Å². The molecule has 0 aliphatic heterocycles. The van der Waals surface area contributed by atoms with E-state index < -0.39 is 0 Å². The third-order valence-electron chi connectivity index (χ3n) is 3.66. The molecule has 0 saturated heterocycles. The van der Waals surface area contributed by atoms with Gasteiger partial charge >= 0.3 is 0 Å². The molecule has 0 aromatic rings. The molecular formula is C18H37NO3. The molecule has 0 radical (unpaired) electrons. The van der Waals surface area contributed by atoms with Crippen molar-refractivity contribution in [1.29, 1.82) is 0 Å². The maximum absolute atomic E-state index is 5.92. The number of hydrogen-bond acceptors (Lipinski definition) is 4. The molecule has 4 nitrogen and oxygen atoms in total. The van der Waals surface area contributed by atoms with Crippen LogP contribution >= 0.6 is 0 Å². The molecule has 0 aromatic carbocycles. The van der Waals surface area contributed by atoms with Gasteiger partial charge in [0.15, 0.2) is 0 Å². The Bertz CT molecular complexity index is 286. The fourth-order valence-corrected chi connectivity index (χ4v) is 2.77. The lowest BCUT2D eigenvalue weighted by atomic mass is 9.91. The lowest BCUT2D eigenvalue weighted by Gasteiger charge is -2.34. The molecule has 0 unspecified atom stereocenters. The van der Waals surface area contributed by atoms with Crippen LogP contribution in [0.1, 0.15) is 67.2 Å². The molecule has 0 atom stereocenters. The van der Waals surface area contributed by atoms with Crippen LogP contribution in [0.15, 0.2) is 0 Å². The van der Waals surface area contributed by atoms with Crippen LogP contribution in [0.4, 0.5) is 0 Å². The van der Waals surface area contributed by atoms with E-state index >= 15 is 0 Å². The fourth-order valence-electron chi connectivity index (χ4n) is 2.77. The Morgan fingerprint density at radius 1 is 0.818 bits per heavy atom. The second-order valence-corrected chi connectivity index (χ2v) is 8.31. The van der Waals surface area contributed by atoms with Crippen molar-refractivity contribution in [3.8, 4) is 0 Å². The maximum Gasteiger partial charge on any atom is 0.0707 e. The second-order valence-electron chi connectivity index (χ2n) is 8.31. The average Bonchev–Trinajstić information content (AvgIpc) is 2.36. The van der Waals surface area contributed by atoms with Gasteiger partial charge in [-0.15, -0.1) is 0 Å². The minimum atomic E-state index is -0.0837. The number of nitrogens with one attached hydrogen (secondary N) is 1. The van der Waals surface area contributed by atoms with Crippen LogP contribution in [0.3, 0.4) is 0 Å². The van der Waals surface area contributed by atoms with Crippen LogP contribution in [0.25, 0.3) is 0 Å². The molecule has 22 heavy (non-hydrogen) atoms. The summed E-state index contributed by atoms with van der Waals surface area (Å²) in [5.41, 5.74) is 0.126. The van der Waals surface area contributed by atoms with E-state index in [0.717, 1.165) is 12.8 Å². The topological polar surface area (TPSA) is 39.7 Å². The Labute approximate surface area is 137 Å². The van der Waals surface area contributed by atoms with Gasteiger partial charge in [-0.1, -0.05) is 0 Å². The summed E-state index contributed by atoms with van der Waals surface area (Å²) in [5.74, 6) is 0. The van der Waals surface area contributed by atoms with Crippen LogP contribution in [0.2, 0.25) is 0 Å². The summed E-state index contributed by atoms with van der Waals surface area (Å²) in [6.45, 7) is 15.5. The maximum atomic E-state index is 5.92. The first-order chi connectivity index (χ1) is 10.2. The Balaban J connectivity index is 1.97. The van der Waals surface area contributed by atoms with Gasteiger partial charge in [-0.05, 0) is 67.2 Å². The van der Waals surface area contributed by atoms with Gasteiger partial charge in [-0.25, -0.2) is 0 Å². The van der Waals surface area contributed by atoms with E-state index in [1.54, 1.807) is 0 Å². The molecule has 1 aliphatic rings. The van der Waals surface area contributed by atoms with Crippen molar-refractivity contribution in [2.24, 2.45) is 0 Å². The van der Waals surface area contributed by atoms with Gasteiger partial charge in [0, 0.05) is 11.6 Å². The third-order valence-corrected chi connectivity index (χ3v) is 3.66. The van der Waals surface area contributed by atoms with E-state index in [0.29, 0.717) is 38.6 Å². The van der Waals surface area contributed by atoms with Crippen molar-refractivity contribution in [1.82, 2.24) is 5.32 Å². The van der Waals surface area contributed by atoms with E-state index in [1.807, 2.05) is 0 Å². The minimum Gasteiger partial charge on any atom is -0.377 e. The van der Waals surface area contributed by atoms with Crippen LogP contribution in [0.5, 0.6) is 0 Å². The summed E-state index contributed by atoms with van der Waals surface area (Å²) in [6.07, 6.45) is 5.14. The van der Waals surface area contributed by atoms with E-state index in [4.69, 9.17) is 14.2 Å². The monoisotopic (exact) mass is 315 g/mol. The van der Waals surface area contributed by atoms with Crippen molar-refractivity contribution in [3.63, 3.8) is 0 Å². The highest BCUT2D eigenvalue weighted by atomic mass is 16.6. The van der Waals surface area contributed by atoms with Crippen molar-refractivity contribution >= 4 is 0 Å². The zero-order chi connectivity index (χ0) is 16.6. The van der Waals surface area contributed by atoms with Gasteiger partial charge in [0.1, 0.15) is 0 Å². The second kappa shape index (κ2) is 9.21. The number of hydrogen-bond donors (Lipinski definition) is 1. The van der Waals surface area contributed by atoms with Crippen LogP contribution < -0.4 is 5.32 Å². The molecule has 0 heterocycles. The Morgan fingerprint density at radius 2 is 1.41 bits per heavy atom. The first-order valence-corrected chi connectivity index (χ1v) is 8.77. The zero-order valence-electron chi connectivity index (χ0n) is 15.5. The van der Waals surface area contributed by atoms with Gasteiger partial charge in [-0.3, -0.25) is 0 Å². The quantitative estimate of drug-likeness (QED) is 0.696. The molecule has 0 aromatic heterocycles. The van der Waals surface area contributed by atoms with Gasteiger partial charge in [-0.2, -0.15) is 0 Å². The summed E-state index contributed by atoms with van der Waals surface area (Å²) in [6, 6.07) is 0.644. The molecule has 1 fully saturated rings. The highest BCUT2D eigenvalue weighted by Crippen LogP contribution is 2.22. The molecule has 1 rings (SSSR count). The van der Waals surface area contributed by atoms with Gasteiger partial charge < -0.3 is 19.5 Å². The van der Waals surface area contributed by atoms with Crippen molar-refractivity contribution in [3.05, 3.63) is 0 Å². The first kappa shape index (κ1) is 19.9. The summed E-state index contributed by atoms with van der Waals surface area (Å²) in [4.78, 5) is 0. The minimum absolute atomic E-state index is 0.0837. The van der Waals surface area contributed by atoms with E-state index in [1.165, 1.54) is 12.8 Å². The molecule has 132 valence electrons. The molecule has 1 saturated carbocycles. The lowest BCUT2D eigenvalue weighted by Crippen LogP contribution is -2.46. The standard InChI is InChI=1S/C18H37NO3/c1-17(2,3)19-15-7-9-16(10-8-15)21-13-11-20-12-14-22-18(4,5)6/h15-16,19H,7-14H2,1-6H3. The van der Waals surface area contributed by atoms with Crippen LogP contribution in [0, 0.1) is 0 Å². The lowest BCUT2D eigenvalue weighted by molar-refractivity contribution is -0.0528. The van der Waals surface area contributed by atoms with Crippen LogP contribution in [-0.2, 0) is 14.2 Å². The molecule has 4 heteroatoms. The van der Waals surface area contributed by atoms with Gasteiger partial charge in [0.25, 0.3) is 0 Å². The summed E-state index contributed by atoms with van der Waals surface area (Å²) < 4.78 is 17.1. The van der Waals surface area contributed by atoms with Crippen LogP contribution in [-0.4, -0.2) is 49.7 Å². The number of rotatable bonds is 8. The largest absolute Gasteiger partial charge is 0.377 e. The average molecular weight is 315 g/mol. The first-order valence-electron chi connectivity index (χ1n) is 8.77. The van der Waals surface area contributed by atoms with E-state index in [2.05, 4.69) is 46.9 Å². The Morgan fingerprint density at radius 3 is 1.95 bits per heavy atom. The molecule has 0 amide bonds. The Hall–Kier alpha value is -0.160. The predicted octanol–water partition coefficient (Wildman–Crippen LogP) is 3.53. The van der Waals surface area contributed by atoms with Crippen molar-refractivity contribution in [2.75, 3.05) is 26.4 Å². The zero-order valence-corrected chi connectivity index (χ0v) is 15.5. The molecular weight excluding hydrogens is 278 g/mol. The highest BCUT2D eigenvalue weighted by Gasteiger charge is 2.24. The fraction of sp³-hybridized carbons (Fsp3) is 1.00. The molecule has 1 aliphatic carbocycles. The van der Waals surface area contributed by atoms with Gasteiger partial charge in [0.2, 0.25) is 0 Å². The highest BCUT2D eigenvalue weighted by molar-refractivity contribution is 4.83. The third kappa shape index (κ3) is 10.5. The smallest absolute Gasteiger partial charge is 0.0707 e. The van der Waals surface area contributed by atoms with E-state index in [9.17, 15) is 0 Å². The Kier molecular flexibility index (Phi) is 8.33. The molecule has 1 N–H and O–H groups in total. The number of ether oxygens (including phenoxy) is 3. The van der Waals surface area contributed by atoms with Crippen molar-refractivity contribution in [2.45, 2.75) is 90.5 Å².